The maximum atomic E-state index is 11.3. The minimum atomic E-state index is -1.77. The zero-order chi connectivity index (χ0) is 21.9. The Morgan fingerprint density at radius 1 is 0.793 bits per heavy atom. The minimum Gasteiger partial charge on any atom is -0.455 e. The molecule has 2 rings (SSSR count). The molecule has 2 aliphatic heterocycles. The Balaban J connectivity index is 2.06. The molecular formula is C16H26O13. The van der Waals surface area contributed by atoms with Crippen LogP contribution in [0.2, 0.25) is 0 Å². The monoisotopic (exact) mass is 426 g/mol. The molecular weight excluding hydrogens is 400 g/mol. The van der Waals surface area contributed by atoms with Crippen LogP contribution in [0.4, 0.5) is 0 Å². The Hall–Kier alpha value is -1.42. The van der Waals surface area contributed by atoms with Crippen molar-refractivity contribution in [2.24, 2.45) is 0 Å². The van der Waals surface area contributed by atoms with Crippen molar-refractivity contribution in [2.45, 2.75) is 75.3 Å². The third-order valence-electron chi connectivity index (χ3n) is 4.51. The molecule has 10 atom stereocenters. The number of ether oxygens (including phenoxy) is 5. The van der Waals surface area contributed by atoms with Gasteiger partial charge in [-0.1, -0.05) is 0 Å². The molecule has 0 spiro atoms. The zero-order valence-corrected chi connectivity index (χ0v) is 15.7. The first kappa shape index (κ1) is 23.9. The molecule has 13 nitrogen and oxygen atoms in total. The van der Waals surface area contributed by atoms with Gasteiger partial charge < -0.3 is 54.3 Å². The standard InChI is InChI=1S/C16H26O13/c1-5(18)26-13-10(21)8(28-15(24)14(13)27-6(2)19)4-25-16-12(23)11(22)9(20)7(3-17)29-16/h7-17,20-24H,3-4H2,1-2H3/t7-,8-,9+,10-,11+,12-,13+,14-,15-,16+/m1/s1. The van der Waals surface area contributed by atoms with Crippen molar-refractivity contribution in [3.8, 4) is 0 Å². The van der Waals surface area contributed by atoms with Crippen LogP contribution < -0.4 is 0 Å². The summed E-state index contributed by atoms with van der Waals surface area (Å²) in [6, 6.07) is 0. The van der Waals surface area contributed by atoms with Crippen molar-refractivity contribution in [3.63, 3.8) is 0 Å². The summed E-state index contributed by atoms with van der Waals surface area (Å²) in [5.74, 6) is -1.62. The summed E-state index contributed by atoms with van der Waals surface area (Å²) in [6.45, 7) is 0.924. The van der Waals surface area contributed by atoms with Gasteiger partial charge in [0.25, 0.3) is 0 Å². The molecule has 0 unspecified atom stereocenters. The van der Waals surface area contributed by atoms with E-state index in [1.54, 1.807) is 0 Å². The van der Waals surface area contributed by atoms with E-state index < -0.39 is 86.6 Å². The second-order valence-electron chi connectivity index (χ2n) is 6.73. The highest BCUT2D eigenvalue weighted by molar-refractivity contribution is 5.67. The highest BCUT2D eigenvalue weighted by Crippen LogP contribution is 2.27. The molecule has 2 fully saturated rings. The molecule has 0 bridgehead atoms. The lowest BCUT2D eigenvalue weighted by Gasteiger charge is -2.43. The van der Waals surface area contributed by atoms with E-state index in [0.717, 1.165) is 13.8 Å². The second kappa shape index (κ2) is 10.1. The van der Waals surface area contributed by atoms with E-state index in [1.165, 1.54) is 0 Å². The van der Waals surface area contributed by atoms with Crippen LogP contribution in [0.25, 0.3) is 0 Å². The lowest BCUT2D eigenvalue weighted by Crippen LogP contribution is -2.62. The molecule has 0 amide bonds. The van der Waals surface area contributed by atoms with Gasteiger partial charge in [0.2, 0.25) is 0 Å². The van der Waals surface area contributed by atoms with Gasteiger partial charge in [-0.05, 0) is 0 Å². The van der Waals surface area contributed by atoms with E-state index in [0.29, 0.717) is 0 Å². The molecule has 0 aromatic rings. The Morgan fingerprint density at radius 2 is 1.38 bits per heavy atom. The lowest BCUT2D eigenvalue weighted by atomic mass is 9.98. The van der Waals surface area contributed by atoms with Gasteiger partial charge in [-0.15, -0.1) is 0 Å². The fourth-order valence-electron chi connectivity index (χ4n) is 3.08. The van der Waals surface area contributed by atoms with Crippen molar-refractivity contribution >= 4 is 11.9 Å². The van der Waals surface area contributed by atoms with Crippen LogP contribution in [0, 0.1) is 0 Å². The molecule has 29 heavy (non-hydrogen) atoms. The summed E-state index contributed by atoms with van der Waals surface area (Å²) in [4.78, 5) is 22.5. The fourth-order valence-corrected chi connectivity index (χ4v) is 3.08. The van der Waals surface area contributed by atoms with Crippen molar-refractivity contribution in [1.82, 2.24) is 0 Å². The molecule has 0 radical (unpaired) electrons. The molecule has 0 aromatic carbocycles. The van der Waals surface area contributed by atoms with Crippen LogP contribution in [0.15, 0.2) is 0 Å². The molecule has 2 saturated heterocycles. The van der Waals surface area contributed by atoms with Crippen molar-refractivity contribution in [3.05, 3.63) is 0 Å². The normalized spacial score (nSPS) is 42.9. The quantitative estimate of drug-likeness (QED) is 0.223. The van der Waals surface area contributed by atoms with Crippen molar-refractivity contribution < 1.29 is 63.9 Å². The predicted octanol–water partition coefficient (Wildman–Crippen LogP) is -4.26. The van der Waals surface area contributed by atoms with Gasteiger partial charge in [0.15, 0.2) is 24.8 Å². The number of esters is 2. The summed E-state index contributed by atoms with van der Waals surface area (Å²) >= 11 is 0. The number of hydrogen-bond acceptors (Lipinski definition) is 13. The summed E-state index contributed by atoms with van der Waals surface area (Å²) in [7, 11) is 0. The molecule has 13 heteroatoms. The SMILES string of the molecule is CC(=O)O[C@@H]1[C@@H](OC(C)=O)[C@H](O)[C@@H](CO[C@H]2O[C@H](CO)[C@H](O)[C@H](O)[C@H]2O)O[C@H]1O. The van der Waals surface area contributed by atoms with E-state index in [9.17, 15) is 40.2 Å². The van der Waals surface area contributed by atoms with Crippen molar-refractivity contribution in [1.29, 1.82) is 0 Å². The van der Waals surface area contributed by atoms with Gasteiger partial charge in [-0.2, -0.15) is 0 Å². The van der Waals surface area contributed by atoms with Gasteiger partial charge in [0.05, 0.1) is 13.2 Å². The van der Waals surface area contributed by atoms with Crippen molar-refractivity contribution in [2.75, 3.05) is 13.2 Å². The molecule has 0 aliphatic carbocycles. The number of carbonyl (C=O) groups is 2. The molecule has 168 valence electrons. The summed E-state index contributed by atoms with van der Waals surface area (Å²) in [5, 5.41) is 59.2. The maximum absolute atomic E-state index is 11.3. The van der Waals surface area contributed by atoms with E-state index in [4.69, 9.17) is 23.7 Å². The highest BCUT2D eigenvalue weighted by Gasteiger charge is 2.50. The minimum absolute atomic E-state index is 0.522. The van der Waals surface area contributed by atoms with Crippen LogP contribution in [0.5, 0.6) is 0 Å². The Kier molecular flexibility index (Phi) is 8.28. The number of carbonyl (C=O) groups excluding carboxylic acids is 2. The van der Waals surface area contributed by atoms with Gasteiger partial charge in [0, 0.05) is 13.8 Å². The maximum Gasteiger partial charge on any atom is 0.303 e. The first-order valence-corrected chi connectivity index (χ1v) is 8.85. The van der Waals surface area contributed by atoms with E-state index in [1.807, 2.05) is 0 Å². The average Bonchev–Trinajstić information content (AvgIpc) is 2.65. The van der Waals surface area contributed by atoms with E-state index in [-0.39, 0.29) is 0 Å². The number of aliphatic hydroxyl groups excluding tert-OH is 6. The van der Waals surface area contributed by atoms with Gasteiger partial charge >= 0.3 is 11.9 Å². The van der Waals surface area contributed by atoms with Gasteiger partial charge in [0.1, 0.15) is 36.6 Å². The van der Waals surface area contributed by atoms with Gasteiger partial charge in [-0.25, -0.2) is 0 Å². The van der Waals surface area contributed by atoms with Crippen LogP contribution in [-0.4, -0.2) is 117 Å². The fraction of sp³-hybridized carbons (Fsp3) is 0.875. The molecule has 2 heterocycles. The number of aliphatic hydroxyl groups is 6. The Labute approximate surface area is 165 Å². The Morgan fingerprint density at radius 3 is 1.93 bits per heavy atom. The number of rotatable bonds is 6. The average molecular weight is 426 g/mol. The van der Waals surface area contributed by atoms with Gasteiger partial charge in [-0.3, -0.25) is 9.59 Å². The van der Waals surface area contributed by atoms with Crippen LogP contribution in [0.3, 0.4) is 0 Å². The van der Waals surface area contributed by atoms with E-state index in [2.05, 4.69) is 0 Å². The summed E-state index contributed by atoms with van der Waals surface area (Å²) < 4.78 is 25.4. The second-order valence-corrected chi connectivity index (χ2v) is 6.73. The van der Waals surface area contributed by atoms with Crippen LogP contribution >= 0.6 is 0 Å². The topological polar surface area (TPSA) is 202 Å². The molecule has 0 aromatic heterocycles. The third kappa shape index (κ3) is 5.59. The highest BCUT2D eigenvalue weighted by atomic mass is 16.7. The summed E-state index contributed by atoms with van der Waals surface area (Å²) in [5.41, 5.74) is 0. The first-order chi connectivity index (χ1) is 13.6. The first-order valence-electron chi connectivity index (χ1n) is 8.85. The van der Waals surface area contributed by atoms with E-state index >= 15 is 0 Å². The summed E-state index contributed by atoms with van der Waals surface area (Å²) in [6.07, 6.45) is -15.3. The van der Waals surface area contributed by atoms with Crippen LogP contribution in [0.1, 0.15) is 13.8 Å². The predicted molar refractivity (Wildman–Crippen MR) is 87.7 cm³/mol. The molecule has 2 aliphatic rings. The third-order valence-corrected chi connectivity index (χ3v) is 4.51. The van der Waals surface area contributed by atoms with Crippen LogP contribution in [-0.2, 0) is 33.3 Å². The smallest absolute Gasteiger partial charge is 0.303 e. The largest absolute Gasteiger partial charge is 0.455 e. The Bertz CT molecular complexity index is 569. The zero-order valence-electron chi connectivity index (χ0n) is 15.7. The lowest BCUT2D eigenvalue weighted by molar-refractivity contribution is -0.327. The number of hydrogen-bond donors (Lipinski definition) is 6. The molecule has 0 saturated carbocycles. The molecule has 6 N–H and O–H groups in total.